The molecular weight excluding hydrogens is 366 g/mol. The van der Waals surface area contributed by atoms with Crippen LogP contribution in [0.2, 0.25) is 0 Å². The summed E-state index contributed by atoms with van der Waals surface area (Å²) in [5.41, 5.74) is -0.218. The second kappa shape index (κ2) is 8.19. The molecule has 1 aromatic rings. The number of carbonyl (C=O) groups excluding carboxylic acids is 2. The number of halogens is 1. The molecule has 7 heteroatoms. The van der Waals surface area contributed by atoms with E-state index in [2.05, 4.69) is 15.9 Å². The molecule has 128 valence electrons. The van der Waals surface area contributed by atoms with Gasteiger partial charge < -0.3 is 19.1 Å². The Bertz CT molecular complexity index is 568. The van der Waals surface area contributed by atoms with E-state index in [4.69, 9.17) is 14.2 Å². The summed E-state index contributed by atoms with van der Waals surface area (Å²) in [5.74, 6) is -0.0863. The van der Waals surface area contributed by atoms with Crippen molar-refractivity contribution in [1.82, 2.24) is 4.90 Å². The van der Waals surface area contributed by atoms with Crippen LogP contribution < -0.4 is 4.74 Å². The van der Waals surface area contributed by atoms with Gasteiger partial charge in [0.25, 0.3) is 0 Å². The molecule has 1 aromatic carbocycles. The minimum atomic E-state index is -0.547. The fourth-order valence-electron chi connectivity index (χ4n) is 1.62. The zero-order chi connectivity index (χ0) is 17.6. The van der Waals surface area contributed by atoms with Gasteiger partial charge in [0.15, 0.2) is 0 Å². The lowest BCUT2D eigenvalue weighted by atomic mass is 10.2. The van der Waals surface area contributed by atoms with E-state index in [1.54, 1.807) is 46.0 Å². The largest absolute Gasteiger partial charge is 0.491 e. The number of hydrogen-bond donors (Lipinski definition) is 0. The van der Waals surface area contributed by atoms with Gasteiger partial charge in [0, 0.05) is 11.5 Å². The third kappa shape index (κ3) is 6.48. The minimum absolute atomic E-state index is 0.218. The molecule has 0 bridgehead atoms. The molecule has 0 aliphatic carbocycles. The summed E-state index contributed by atoms with van der Waals surface area (Å²) in [6.07, 6.45) is -0.427. The number of rotatable bonds is 5. The van der Waals surface area contributed by atoms with E-state index < -0.39 is 17.7 Å². The maximum atomic E-state index is 11.8. The van der Waals surface area contributed by atoms with E-state index in [1.165, 1.54) is 12.0 Å². The maximum Gasteiger partial charge on any atom is 0.410 e. The number of carbonyl (C=O) groups is 2. The van der Waals surface area contributed by atoms with E-state index in [0.717, 1.165) is 4.47 Å². The summed E-state index contributed by atoms with van der Waals surface area (Å²) in [5, 5.41) is 0. The van der Waals surface area contributed by atoms with Gasteiger partial charge in [0.05, 0.1) is 13.7 Å². The first-order valence-electron chi connectivity index (χ1n) is 7.09. The monoisotopic (exact) mass is 387 g/mol. The molecule has 0 aliphatic rings. The zero-order valence-corrected chi connectivity index (χ0v) is 15.6. The summed E-state index contributed by atoms with van der Waals surface area (Å²) in [4.78, 5) is 25.0. The number of esters is 1. The van der Waals surface area contributed by atoms with Crippen molar-refractivity contribution in [2.45, 2.75) is 26.4 Å². The molecule has 0 spiro atoms. The molecule has 0 heterocycles. The lowest BCUT2D eigenvalue weighted by Crippen LogP contribution is -2.36. The number of ether oxygens (including phenoxy) is 3. The average molecular weight is 388 g/mol. The lowest BCUT2D eigenvalue weighted by molar-refractivity contribution is 0.0276. The Labute approximate surface area is 144 Å². The Hall–Kier alpha value is -1.76. The SMILES string of the molecule is COC(=O)c1ccc(Br)cc1OCCN(C)C(=O)OC(C)(C)C. The number of amides is 1. The van der Waals surface area contributed by atoms with Crippen molar-refractivity contribution in [3.8, 4) is 5.75 Å². The minimum Gasteiger partial charge on any atom is -0.491 e. The van der Waals surface area contributed by atoms with Crippen LogP contribution in [-0.4, -0.2) is 49.9 Å². The fraction of sp³-hybridized carbons (Fsp3) is 0.500. The molecule has 6 nitrogen and oxygen atoms in total. The van der Waals surface area contributed by atoms with Crippen molar-refractivity contribution in [3.05, 3.63) is 28.2 Å². The molecule has 1 rings (SSSR count). The highest BCUT2D eigenvalue weighted by Gasteiger charge is 2.20. The normalized spacial score (nSPS) is 10.9. The van der Waals surface area contributed by atoms with Gasteiger partial charge in [0.1, 0.15) is 23.5 Å². The van der Waals surface area contributed by atoms with Gasteiger partial charge in [-0.05, 0) is 39.0 Å². The van der Waals surface area contributed by atoms with Crippen LogP contribution in [0.1, 0.15) is 31.1 Å². The third-order valence-corrected chi connectivity index (χ3v) is 3.23. The van der Waals surface area contributed by atoms with Gasteiger partial charge in [0.2, 0.25) is 0 Å². The van der Waals surface area contributed by atoms with Gasteiger partial charge in [-0.25, -0.2) is 9.59 Å². The van der Waals surface area contributed by atoms with Crippen LogP contribution in [0.15, 0.2) is 22.7 Å². The standard InChI is InChI=1S/C16H22BrNO5/c1-16(2,3)23-15(20)18(4)8-9-22-13-10-11(17)6-7-12(13)14(19)21-5/h6-7,10H,8-9H2,1-5H3. The number of likely N-dealkylation sites (N-methyl/N-ethyl adjacent to an activating group) is 1. The van der Waals surface area contributed by atoms with Crippen molar-refractivity contribution in [2.75, 3.05) is 27.3 Å². The molecule has 0 aromatic heterocycles. The van der Waals surface area contributed by atoms with Crippen LogP contribution in [0.5, 0.6) is 5.75 Å². The Morgan fingerprint density at radius 2 is 1.91 bits per heavy atom. The first-order chi connectivity index (χ1) is 10.6. The van der Waals surface area contributed by atoms with E-state index in [0.29, 0.717) is 17.9 Å². The van der Waals surface area contributed by atoms with Crippen LogP contribution in [0.25, 0.3) is 0 Å². The molecule has 0 atom stereocenters. The number of methoxy groups -OCH3 is 1. The van der Waals surface area contributed by atoms with Gasteiger partial charge in [-0.15, -0.1) is 0 Å². The van der Waals surface area contributed by atoms with Gasteiger partial charge in [-0.1, -0.05) is 15.9 Å². The summed E-state index contributed by atoms with van der Waals surface area (Å²) >= 11 is 3.33. The number of benzene rings is 1. The molecule has 0 radical (unpaired) electrons. The quantitative estimate of drug-likeness (QED) is 0.723. The molecule has 0 N–H and O–H groups in total. The summed E-state index contributed by atoms with van der Waals surface area (Å²) in [6, 6.07) is 5.02. The van der Waals surface area contributed by atoms with E-state index in [1.807, 2.05) is 0 Å². The highest BCUT2D eigenvalue weighted by Crippen LogP contribution is 2.24. The first kappa shape index (κ1) is 19.3. The van der Waals surface area contributed by atoms with Crippen molar-refractivity contribution in [1.29, 1.82) is 0 Å². The van der Waals surface area contributed by atoms with Crippen molar-refractivity contribution in [3.63, 3.8) is 0 Å². The predicted octanol–water partition coefficient (Wildman–Crippen LogP) is 3.48. The maximum absolute atomic E-state index is 11.8. The second-order valence-corrected chi connectivity index (χ2v) is 6.80. The van der Waals surface area contributed by atoms with Gasteiger partial charge >= 0.3 is 12.1 Å². The highest BCUT2D eigenvalue weighted by atomic mass is 79.9. The Morgan fingerprint density at radius 1 is 1.26 bits per heavy atom. The van der Waals surface area contributed by atoms with Crippen molar-refractivity contribution >= 4 is 28.0 Å². The number of hydrogen-bond acceptors (Lipinski definition) is 5. The molecule has 23 heavy (non-hydrogen) atoms. The molecule has 0 unspecified atom stereocenters. The molecule has 0 saturated carbocycles. The van der Waals surface area contributed by atoms with E-state index in [-0.39, 0.29) is 6.61 Å². The zero-order valence-electron chi connectivity index (χ0n) is 14.0. The highest BCUT2D eigenvalue weighted by molar-refractivity contribution is 9.10. The van der Waals surface area contributed by atoms with Crippen LogP contribution in [0, 0.1) is 0 Å². The molecular formula is C16H22BrNO5. The summed E-state index contributed by atoms with van der Waals surface area (Å²) in [7, 11) is 2.93. The predicted molar refractivity (Wildman–Crippen MR) is 89.8 cm³/mol. The van der Waals surface area contributed by atoms with E-state index in [9.17, 15) is 9.59 Å². The van der Waals surface area contributed by atoms with Crippen LogP contribution in [0.4, 0.5) is 4.79 Å². The number of nitrogens with zero attached hydrogens (tertiary/aromatic N) is 1. The first-order valence-corrected chi connectivity index (χ1v) is 7.88. The fourth-order valence-corrected chi connectivity index (χ4v) is 1.96. The van der Waals surface area contributed by atoms with Gasteiger partial charge in [-0.2, -0.15) is 0 Å². The molecule has 0 saturated heterocycles. The van der Waals surface area contributed by atoms with Crippen molar-refractivity contribution in [2.24, 2.45) is 0 Å². The Balaban J connectivity index is 2.63. The molecule has 0 aliphatic heterocycles. The second-order valence-electron chi connectivity index (χ2n) is 5.88. The Kier molecular flexibility index (Phi) is 6.87. The van der Waals surface area contributed by atoms with Crippen molar-refractivity contribution < 1.29 is 23.8 Å². The lowest BCUT2D eigenvalue weighted by Gasteiger charge is -2.24. The van der Waals surface area contributed by atoms with Crippen LogP contribution >= 0.6 is 15.9 Å². The van der Waals surface area contributed by atoms with Crippen LogP contribution in [-0.2, 0) is 9.47 Å². The summed E-state index contributed by atoms with van der Waals surface area (Å²) < 4.78 is 16.4. The molecule has 1 amide bonds. The average Bonchev–Trinajstić information content (AvgIpc) is 2.44. The topological polar surface area (TPSA) is 65.1 Å². The van der Waals surface area contributed by atoms with E-state index >= 15 is 0 Å². The smallest absolute Gasteiger partial charge is 0.410 e. The molecule has 0 fully saturated rings. The van der Waals surface area contributed by atoms with Gasteiger partial charge in [-0.3, -0.25) is 0 Å². The Morgan fingerprint density at radius 3 is 2.48 bits per heavy atom. The third-order valence-electron chi connectivity index (χ3n) is 2.74. The van der Waals surface area contributed by atoms with Crippen LogP contribution in [0.3, 0.4) is 0 Å². The summed E-state index contributed by atoms with van der Waals surface area (Å²) in [6.45, 7) is 5.95.